The molecule has 1 aromatic carbocycles. The molecule has 0 saturated heterocycles. The lowest BCUT2D eigenvalue weighted by molar-refractivity contribution is -0.385. The molecule has 1 aliphatic rings. The largest absolute Gasteiger partial charge is 0.352 e. The average molecular weight is 285 g/mol. The Morgan fingerprint density at radius 1 is 1.44 bits per heavy atom. The third-order valence-electron chi connectivity index (χ3n) is 2.54. The van der Waals surface area contributed by atoms with Crippen LogP contribution in [0.3, 0.4) is 0 Å². The number of aryl methyl sites for hydroxylation is 1. The van der Waals surface area contributed by atoms with Crippen LogP contribution in [0.4, 0.5) is 5.69 Å². The van der Waals surface area contributed by atoms with Crippen molar-refractivity contribution in [2.45, 2.75) is 12.8 Å². The summed E-state index contributed by atoms with van der Waals surface area (Å²) in [5.74, 6) is -0.247. The number of nitrogens with zero attached hydrogens (tertiary/aromatic N) is 1. The van der Waals surface area contributed by atoms with Crippen molar-refractivity contribution in [3.63, 3.8) is 0 Å². The van der Waals surface area contributed by atoms with Crippen molar-refractivity contribution >= 4 is 27.5 Å². The van der Waals surface area contributed by atoms with E-state index >= 15 is 0 Å². The van der Waals surface area contributed by atoms with E-state index in [-0.39, 0.29) is 16.1 Å². The zero-order valence-electron chi connectivity index (χ0n) is 8.33. The second kappa shape index (κ2) is 4.21. The summed E-state index contributed by atoms with van der Waals surface area (Å²) in [5.41, 5.74) is 1.18. The maximum atomic E-state index is 11.7. The molecule has 16 heavy (non-hydrogen) atoms. The number of nitro benzene ring substituents is 1. The molecule has 2 rings (SSSR count). The van der Waals surface area contributed by atoms with E-state index in [0.29, 0.717) is 12.1 Å². The highest BCUT2D eigenvalue weighted by Crippen LogP contribution is 2.32. The number of nitro groups is 1. The Bertz CT molecular complexity index is 473. The lowest BCUT2D eigenvalue weighted by Gasteiger charge is -2.06. The molecule has 0 aliphatic carbocycles. The van der Waals surface area contributed by atoms with Crippen LogP contribution in [0.5, 0.6) is 0 Å². The molecule has 0 fully saturated rings. The van der Waals surface area contributed by atoms with Crippen LogP contribution < -0.4 is 5.32 Å². The summed E-state index contributed by atoms with van der Waals surface area (Å²) >= 11 is 3.14. The number of carbonyl (C=O) groups excluding carboxylic acids is 1. The number of halogens is 1. The van der Waals surface area contributed by atoms with E-state index < -0.39 is 4.92 Å². The summed E-state index contributed by atoms with van der Waals surface area (Å²) in [6.07, 6.45) is 1.60. The first-order chi connectivity index (χ1) is 7.61. The third kappa shape index (κ3) is 1.80. The van der Waals surface area contributed by atoms with Gasteiger partial charge >= 0.3 is 0 Å². The predicted molar refractivity (Wildman–Crippen MR) is 61.5 cm³/mol. The van der Waals surface area contributed by atoms with Crippen LogP contribution >= 0.6 is 15.9 Å². The Morgan fingerprint density at radius 3 is 2.88 bits per heavy atom. The predicted octanol–water partition coefficient (Wildman–Crippen LogP) is 2.03. The van der Waals surface area contributed by atoms with Gasteiger partial charge < -0.3 is 5.32 Å². The summed E-state index contributed by atoms with van der Waals surface area (Å²) in [5, 5.41) is 13.5. The maximum absolute atomic E-state index is 11.7. The highest BCUT2D eigenvalue weighted by molar-refractivity contribution is 9.10. The molecular formula is C10H9BrN2O3. The van der Waals surface area contributed by atoms with Crippen molar-refractivity contribution in [1.29, 1.82) is 0 Å². The number of rotatable bonds is 1. The monoisotopic (exact) mass is 284 g/mol. The molecule has 1 aliphatic heterocycles. The van der Waals surface area contributed by atoms with Crippen LogP contribution in [0, 0.1) is 10.1 Å². The number of carbonyl (C=O) groups is 1. The molecular weight excluding hydrogens is 276 g/mol. The zero-order chi connectivity index (χ0) is 11.7. The van der Waals surface area contributed by atoms with E-state index in [4.69, 9.17) is 0 Å². The Labute approximate surface area is 100 Å². The van der Waals surface area contributed by atoms with Crippen molar-refractivity contribution in [3.8, 4) is 0 Å². The summed E-state index contributed by atoms with van der Waals surface area (Å²) in [6, 6.07) is 3.09. The summed E-state index contributed by atoms with van der Waals surface area (Å²) in [4.78, 5) is 22.0. The standard InChI is InChI=1S/C10H9BrN2O3/c11-9-7(13(15)16)4-3-6-2-1-5-12-10(14)8(6)9/h3-4H,1-2,5H2,(H,12,14). The first-order valence-corrected chi connectivity index (χ1v) is 5.64. The smallest absolute Gasteiger partial charge is 0.284 e. The van der Waals surface area contributed by atoms with Gasteiger partial charge in [0.2, 0.25) is 0 Å². The van der Waals surface area contributed by atoms with E-state index in [1.54, 1.807) is 6.07 Å². The summed E-state index contributed by atoms with van der Waals surface area (Å²) in [6.45, 7) is 0.605. The van der Waals surface area contributed by atoms with Gasteiger partial charge in [0, 0.05) is 12.6 Å². The van der Waals surface area contributed by atoms with Gasteiger partial charge in [0.25, 0.3) is 11.6 Å². The number of nitrogens with one attached hydrogen (secondary N) is 1. The van der Waals surface area contributed by atoms with E-state index in [0.717, 1.165) is 18.4 Å². The molecule has 0 unspecified atom stereocenters. The van der Waals surface area contributed by atoms with Crippen molar-refractivity contribution in [2.75, 3.05) is 6.54 Å². The number of hydrogen-bond acceptors (Lipinski definition) is 3. The number of benzene rings is 1. The van der Waals surface area contributed by atoms with Crippen LogP contribution in [0.25, 0.3) is 0 Å². The molecule has 1 amide bonds. The van der Waals surface area contributed by atoms with Crippen LogP contribution in [0.2, 0.25) is 0 Å². The molecule has 5 nitrogen and oxygen atoms in total. The molecule has 0 bridgehead atoms. The first-order valence-electron chi connectivity index (χ1n) is 4.85. The molecule has 0 saturated carbocycles. The van der Waals surface area contributed by atoms with Gasteiger partial charge in [0.15, 0.2) is 0 Å². The van der Waals surface area contributed by atoms with Crippen molar-refractivity contribution in [1.82, 2.24) is 5.32 Å². The van der Waals surface area contributed by atoms with Gasteiger partial charge in [-0.3, -0.25) is 14.9 Å². The summed E-state index contributed by atoms with van der Waals surface area (Å²) in [7, 11) is 0. The molecule has 1 heterocycles. The van der Waals surface area contributed by atoms with E-state index in [1.807, 2.05) is 0 Å². The number of hydrogen-bond donors (Lipinski definition) is 1. The van der Waals surface area contributed by atoms with Crippen molar-refractivity contribution in [3.05, 3.63) is 37.8 Å². The molecule has 0 spiro atoms. The van der Waals surface area contributed by atoms with Gasteiger partial charge in [-0.15, -0.1) is 0 Å². The van der Waals surface area contributed by atoms with Gasteiger partial charge in [-0.2, -0.15) is 0 Å². The molecule has 0 atom stereocenters. The van der Waals surface area contributed by atoms with Crippen molar-refractivity contribution in [2.24, 2.45) is 0 Å². The van der Waals surface area contributed by atoms with Gasteiger partial charge in [-0.05, 0) is 34.3 Å². The van der Waals surface area contributed by atoms with Gasteiger partial charge in [-0.1, -0.05) is 6.07 Å². The molecule has 1 N–H and O–H groups in total. The van der Waals surface area contributed by atoms with Crippen LogP contribution in [-0.2, 0) is 6.42 Å². The van der Waals surface area contributed by atoms with Crippen LogP contribution in [-0.4, -0.2) is 17.4 Å². The van der Waals surface area contributed by atoms with Crippen LogP contribution in [0.15, 0.2) is 16.6 Å². The third-order valence-corrected chi connectivity index (χ3v) is 3.34. The van der Waals surface area contributed by atoms with Crippen LogP contribution in [0.1, 0.15) is 22.3 Å². The number of fused-ring (bicyclic) bond motifs is 1. The fourth-order valence-corrected chi connectivity index (χ4v) is 2.48. The second-order valence-electron chi connectivity index (χ2n) is 3.55. The van der Waals surface area contributed by atoms with Gasteiger partial charge in [0.1, 0.15) is 4.47 Å². The topological polar surface area (TPSA) is 72.2 Å². The Morgan fingerprint density at radius 2 is 2.19 bits per heavy atom. The first kappa shape index (κ1) is 11.1. The van der Waals surface area contributed by atoms with E-state index in [2.05, 4.69) is 21.2 Å². The fraction of sp³-hybridized carbons (Fsp3) is 0.300. The molecule has 1 aromatic rings. The molecule has 6 heteroatoms. The Balaban J connectivity index is 2.62. The fourth-order valence-electron chi connectivity index (χ4n) is 1.77. The average Bonchev–Trinajstić information content (AvgIpc) is 2.41. The highest BCUT2D eigenvalue weighted by atomic mass is 79.9. The maximum Gasteiger partial charge on any atom is 0.284 e. The van der Waals surface area contributed by atoms with E-state index in [9.17, 15) is 14.9 Å². The van der Waals surface area contributed by atoms with Gasteiger partial charge in [-0.25, -0.2) is 0 Å². The highest BCUT2D eigenvalue weighted by Gasteiger charge is 2.24. The minimum absolute atomic E-state index is 0.0733. The summed E-state index contributed by atoms with van der Waals surface area (Å²) < 4.78 is 0.273. The SMILES string of the molecule is O=C1NCCCc2ccc([N+](=O)[O-])c(Br)c21. The molecule has 84 valence electrons. The van der Waals surface area contributed by atoms with E-state index in [1.165, 1.54) is 6.07 Å². The van der Waals surface area contributed by atoms with Gasteiger partial charge in [0.05, 0.1) is 10.5 Å². The minimum atomic E-state index is -0.497. The Kier molecular flexibility index (Phi) is 2.91. The van der Waals surface area contributed by atoms with Crippen molar-refractivity contribution < 1.29 is 9.72 Å². The normalized spacial score (nSPS) is 14.9. The second-order valence-corrected chi connectivity index (χ2v) is 4.34. The molecule has 0 radical (unpaired) electrons. The number of amides is 1. The zero-order valence-corrected chi connectivity index (χ0v) is 9.91. The quantitative estimate of drug-likeness (QED) is 0.634. The lowest BCUT2D eigenvalue weighted by atomic mass is 10.0. The lowest BCUT2D eigenvalue weighted by Crippen LogP contribution is -2.23. The Hall–Kier alpha value is -1.43. The minimum Gasteiger partial charge on any atom is -0.352 e. The molecule has 0 aromatic heterocycles.